The quantitative estimate of drug-likeness (QED) is 0.736. The Balaban J connectivity index is 2.27. The molecule has 0 aromatic rings. The van der Waals surface area contributed by atoms with Gasteiger partial charge in [0.2, 0.25) is 0 Å². The number of nitrogens with two attached hydrogens (primary N) is 1. The maximum Gasteiger partial charge on any atom is 0.0723 e. The molecule has 0 aromatic heterocycles. The zero-order chi connectivity index (χ0) is 11.1. The molecule has 0 amide bonds. The van der Waals surface area contributed by atoms with Crippen molar-refractivity contribution in [2.24, 2.45) is 11.7 Å². The Hall–Kier alpha value is -0.120. The van der Waals surface area contributed by atoms with Crippen LogP contribution in [0.1, 0.15) is 39.5 Å². The molecule has 0 bridgehead atoms. The zero-order valence-corrected chi connectivity index (χ0v) is 10.1. The first-order valence-corrected chi connectivity index (χ1v) is 6.22. The van der Waals surface area contributed by atoms with Crippen molar-refractivity contribution >= 4 is 0 Å². The molecule has 0 aliphatic carbocycles. The Labute approximate surface area is 93.3 Å². The van der Waals surface area contributed by atoms with Gasteiger partial charge >= 0.3 is 0 Å². The van der Waals surface area contributed by atoms with Gasteiger partial charge in [0.1, 0.15) is 0 Å². The monoisotopic (exact) mass is 215 g/mol. The lowest BCUT2D eigenvalue weighted by Gasteiger charge is -2.28. The highest BCUT2D eigenvalue weighted by atomic mass is 16.5. The van der Waals surface area contributed by atoms with Crippen LogP contribution >= 0.6 is 0 Å². The second-order valence-corrected chi connectivity index (χ2v) is 4.36. The third kappa shape index (κ3) is 4.49. The topological polar surface area (TPSA) is 44.5 Å². The fraction of sp³-hybridized carbons (Fsp3) is 1.00. The summed E-state index contributed by atoms with van der Waals surface area (Å²) in [6, 6.07) is 0.193. The minimum Gasteiger partial charge on any atom is -0.381 e. The average Bonchev–Trinajstić information content (AvgIpc) is 2.27. The van der Waals surface area contributed by atoms with Gasteiger partial charge in [-0.15, -0.1) is 0 Å². The van der Waals surface area contributed by atoms with E-state index >= 15 is 0 Å². The second-order valence-electron chi connectivity index (χ2n) is 4.36. The third-order valence-electron chi connectivity index (χ3n) is 3.21. The summed E-state index contributed by atoms with van der Waals surface area (Å²) in [7, 11) is 0. The van der Waals surface area contributed by atoms with Crippen molar-refractivity contribution in [3.63, 3.8) is 0 Å². The molecule has 0 radical (unpaired) electrons. The molecule has 1 fully saturated rings. The molecule has 90 valence electrons. The lowest BCUT2D eigenvalue weighted by molar-refractivity contribution is 0.0214. The van der Waals surface area contributed by atoms with Gasteiger partial charge in [-0.25, -0.2) is 0 Å². The van der Waals surface area contributed by atoms with E-state index in [9.17, 15) is 0 Å². The van der Waals surface area contributed by atoms with E-state index in [4.69, 9.17) is 15.2 Å². The van der Waals surface area contributed by atoms with Crippen LogP contribution < -0.4 is 5.73 Å². The number of hydrogen-bond acceptors (Lipinski definition) is 3. The third-order valence-corrected chi connectivity index (χ3v) is 3.21. The van der Waals surface area contributed by atoms with E-state index in [0.717, 1.165) is 51.4 Å². The lowest BCUT2D eigenvalue weighted by atomic mass is 9.90. The van der Waals surface area contributed by atoms with Crippen molar-refractivity contribution < 1.29 is 9.47 Å². The van der Waals surface area contributed by atoms with Gasteiger partial charge in [0.15, 0.2) is 0 Å². The lowest BCUT2D eigenvalue weighted by Crippen LogP contribution is -2.39. The summed E-state index contributed by atoms with van der Waals surface area (Å²) in [6.07, 6.45) is 4.66. The Kier molecular flexibility index (Phi) is 6.22. The van der Waals surface area contributed by atoms with Crippen molar-refractivity contribution in [3.8, 4) is 0 Å². The number of ether oxygens (including phenoxy) is 2. The Morgan fingerprint density at radius 3 is 2.53 bits per heavy atom. The maximum absolute atomic E-state index is 6.18. The van der Waals surface area contributed by atoms with Crippen molar-refractivity contribution in [2.45, 2.75) is 51.7 Å². The van der Waals surface area contributed by atoms with Crippen LogP contribution in [0, 0.1) is 5.92 Å². The van der Waals surface area contributed by atoms with Crippen molar-refractivity contribution in [2.75, 3.05) is 19.8 Å². The standard InChI is InChI=1S/C12H25NO2/c1-3-12(15-4-2)11(13)9-10-5-7-14-8-6-10/h10-12H,3-9,13H2,1-2H3. The number of hydrogen-bond donors (Lipinski definition) is 1. The molecule has 3 nitrogen and oxygen atoms in total. The molecule has 2 atom stereocenters. The normalized spacial score (nSPS) is 22.6. The Bertz CT molecular complexity index is 158. The molecule has 1 rings (SSSR count). The van der Waals surface area contributed by atoms with Gasteiger partial charge < -0.3 is 15.2 Å². The summed E-state index contributed by atoms with van der Waals surface area (Å²) in [4.78, 5) is 0. The predicted molar refractivity (Wildman–Crippen MR) is 61.8 cm³/mol. The van der Waals surface area contributed by atoms with E-state index in [-0.39, 0.29) is 12.1 Å². The van der Waals surface area contributed by atoms with Crippen LogP contribution in [0.2, 0.25) is 0 Å². The van der Waals surface area contributed by atoms with Gasteiger partial charge in [0.05, 0.1) is 6.10 Å². The summed E-state index contributed by atoms with van der Waals surface area (Å²) in [5.41, 5.74) is 6.18. The largest absolute Gasteiger partial charge is 0.381 e. The molecule has 3 heteroatoms. The molecular formula is C12H25NO2. The molecule has 2 unspecified atom stereocenters. The fourth-order valence-electron chi connectivity index (χ4n) is 2.28. The maximum atomic E-state index is 6.18. The molecule has 1 heterocycles. The van der Waals surface area contributed by atoms with Crippen LogP contribution in [0.25, 0.3) is 0 Å². The molecule has 0 saturated carbocycles. The van der Waals surface area contributed by atoms with Gasteiger partial charge in [-0.2, -0.15) is 0 Å². The van der Waals surface area contributed by atoms with E-state index in [1.54, 1.807) is 0 Å². The second kappa shape index (κ2) is 7.20. The zero-order valence-electron chi connectivity index (χ0n) is 10.1. The minimum absolute atomic E-state index is 0.193. The molecular weight excluding hydrogens is 190 g/mol. The summed E-state index contributed by atoms with van der Waals surface area (Å²) >= 11 is 0. The molecule has 0 spiro atoms. The van der Waals surface area contributed by atoms with Crippen LogP contribution in [0.4, 0.5) is 0 Å². The summed E-state index contributed by atoms with van der Waals surface area (Å²) < 4.78 is 11.0. The predicted octanol–water partition coefficient (Wildman–Crippen LogP) is 1.95. The molecule has 2 N–H and O–H groups in total. The van der Waals surface area contributed by atoms with E-state index < -0.39 is 0 Å². The molecule has 1 aliphatic rings. The fourth-order valence-corrected chi connectivity index (χ4v) is 2.28. The number of rotatable bonds is 6. The van der Waals surface area contributed by atoms with Crippen molar-refractivity contribution in [1.82, 2.24) is 0 Å². The van der Waals surface area contributed by atoms with Crippen LogP contribution in [-0.2, 0) is 9.47 Å². The van der Waals surface area contributed by atoms with Gasteiger partial charge in [-0.05, 0) is 38.5 Å². The van der Waals surface area contributed by atoms with Crippen LogP contribution in [0.3, 0.4) is 0 Å². The van der Waals surface area contributed by atoms with Gasteiger partial charge in [-0.3, -0.25) is 0 Å². The minimum atomic E-state index is 0.193. The van der Waals surface area contributed by atoms with E-state index in [2.05, 4.69) is 6.92 Å². The van der Waals surface area contributed by atoms with Gasteiger partial charge in [0.25, 0.3) is 0 Å². The summed E-state index contributed by atoms with van der Waals surface area (Å²) in [5.74, 6) is 0.739. The van der Waals surface area contributed by atoms with Crippen LogP contribution in [-0.4, -0.2) is 32.0 Å². The van der Waals surface area contributed by atoms with Gasteiger partial charge in [0, 0.05) is 25.9 Å². The van der Waals surface area contributed by atoms with Crippen molar-refractivity contribution in [3.05, 3.63) is 0 Å². The molecule has 1 aliphatic heterocycles. The van der Waals surface area contributed by atoms with Crippen LogP contribution in [0.5, 0.6) is 0 Å². The smallest absolute Gasteiger partial charge is 0.0723 e. The first-order valence-electron chi connectivity index (χ1n) is 6.22. The van der Waals surface area contributed by atoms with Gasteiger partial charge in [-0.1, -0.05) is 6.92 Å². The first kappa shape index (κ1) is 12.9. The molecule has 0 aromatic carbocycles. The Morgan fingerprint density at radius 2 is 2.00 bits per heavy atom. The highest BCUT2D eigenvalue weighted by Crippen LogP contribution is 2.21. The first-order chi connectivity index (χ1) is 7.27. The Morgan fingerprint density at radius 1 is 1.33 bits per heavy atom. The average molecular weight is 215 g/mol. The highest BCUT2D eigenvalue weighted by Gasteiger charge is 2.22. The SMILES string of the molecule is CCOC(CC)C(N)CC1CCOCC1. The summed E-state index contributed by atoms with van der Waals surface area (Å²) in [6.45, 7) is 6.75. The van der Waals surface area contributed by atoms with E-state index in [1.807, 2.05) is 6.92 Å². The molecule has 1 saturated heterocycles. The van der Waals surface area contributed by atoms with E-state index in [1.165, 1.54) is 0 Å². The highest BCUT2D eigenvalue weighted by molar-refractivity contribution is 4.77. The molecule has 15 heavy (non-hydrogen) atoms. The van der Waals surface area contributed by atoms with Crippen molar-refractivity contribution in [1.29, 1.82) is 0 Å². The van der Waals surface area contributed by atoms with Crippen LogP contribution in [0.15, 0.2) is 0 Å². The summed E-state index contributed by atoms with van der Waals surface area (Å²) in [5, 5.41) is 0. The van der Waals surface area contributed by atoms with E-state index in [0.29, 0.717) is 0 Å².